The Bertz CT molecular complexity index is 436. The maximum atomic E-state index is 4.68. The summed E-state index contributed by atoms with van der Waals surface area (Å²) in [6, 6.07) is 8.85. The van der Waals surface area contributed by atoms with Crippen molar-refractivity contribution in [2.75, 3.05) is 19.6 Å². The standard InChI is InChI=1S/C15H20N2/c1-12-4-2-5-13(8-12)9-17-10-14-6-3-7-16-15(14)11-17/h2,4-5,8,14H,3,6-7,9-11H2,1H3. The molecule has 1 saturated heterocycles. The van der Waals surface area contributed by atoms with Crippen LogP contribution < -0.4 is 0 Å². The van der Waals surface area contributed by atoms with Crippen LogP contribution in [0.5, 0.6) is 0 Å². The van der Waals surface area contributed by atoms with Gasteiger partial charge in [0, 0.05) is 37.8 Å². The molecule has 0 aromatic heterocycles. The molecule has 3 rings (SSSR count). The number of aryl methyl sites for hydroxylation is 1. The fraction of sp³-hybridized carbons (Fsp3) is 0.533. The Hall–Kier alpha value is -1.15. The van der Waals surface area contributed by atoms with Crippen molar-refractivity contribution >= 4 is 5.71 Å². The zero-order chi connectivity index (χ0) is 11.7. The number of hydrogen-bond donors (Lipinski definition) is 0. The maximum Gasteiger partial charge on any atom is 0.0389 e. The predicted octanol–water partition coefficient (Wildman–Crippen LogP) is 2.66. The van der Waals surface area contributed by atoms with Crippen LogP contribution >= 0.6 is 0 Å². The molecule has 1 aromatic carbocycles. The lowest BCUT2D eigenvalue weighted by molar-refractivity contribution is 0.313. The van der Waals surface area contributed by atoms with Crippen molar-refractivity contribution in [3.8, 4) is 0 Å². The molecule has 2 aliphatic heterocycles. The number of aliphatic imine (C=N–C) groups is 1. The smallest absolute Gasteiger partial charge is 0.0389 e. The molecule has 17 heavy (non-hydrogen) atoms. The van der Waals surface area contributed by atoms with E-state index < -0.39 is 0 Å². The van der Waals surface area contributed by atoms with Gasteiger partial charge in [0.15, 0.2) is 0 Å². The molecule has 2 aliphatic rings. The summed E-state index contributed by atoms with van der Waals surface area (Å²) in [6.07, 6.45) is 2.63. The number of likely N-dealkylation sites (tertiary alicyclic amines) is 1. The summed E-state index contributed by atoms with van der Waals surface area (Å²) in [4.78, 5) is 7.22. The molecular formula is C15H20N2. The van der Waals surface area contributed by atoms with E-state index >= 15 is 0 Å². The van der Waals surface area contributed by atoms with Crippen molar-refractivity contribution < 1.29 is 0 Å². The van der Waals surface area contributed by atoms with Gasteiger partial charge in [-0.05, 0) is 25.3 Å². The second kappa shape index (κ2) is 4.61. The summed E-state index contributed by atoms with van der Waals surface area (Å²) >= 11 is 0. The SMILES string of the molecule is Cc1cccc(CN2CC3=NCCCC3C2)c1. The third kappa shape index (κ3) is 2.42. The van der Waals surface area contributed by atoms with Crippen LogP contribution in [0.2, 0.25) is 0 Å². The van der Waals surface area contributed by atoms with Crippen molar-refractivity contribution in [3.63, 3.8) is 0 Å². The number of nitrogens with zero attached hydrogens (tertiary/aromatic N) is 2. The van der Waals surface area contributed by atoms with Crippen LogP contribution in [0, 0.1) is 12.8 Å². The van der Waals surface area contributed by atoms with Gasteiger partial charge in [-0.1, -0.05) is 29.8 Å². The van der Waals surface area contributed by atoms with E-state index in [1.807, 2.05) is 0 Å². The lowest BCUT2D eigenvalue weighted by Gasteiger charge is -2.16. The van der Waals surface area contributed by atoms with Crippen LogP contribution in [0.4, 0.5) is 0 Å². The minimum absolute atomic E-state index is 0.758. The molecule has 1 unspecified atom stereocenters. The lowest BCUT2D eigenvalue weighted by Crippen LogP contribution is -2.20. The molecule has 0 saturated carbocycles. The maximum absolute atomic E-state index is 4.68. The third-order valence-corrected chi connectivity index (χ3v) is 3.85. The highest BCUT2D eigenvalue weighted by atomic mass is 15.2. The molecule has 0 N–H and O–H groups in total. The molecule has 0 aliphatic carbocycles. The number of fused-ring (bicyclic) bond motifs is 1. The Labute approximate surface area is 103 Å². The van der Waals surface area contributed by atoms with Crippen molar-refractivity contribution in [3.05, 3.63) is 35.4 Å². The van der Waals surface area contributed by atoms with Crippen LogP contribution in [-0.4, -0.2) is 30.2 Å². The Balaban J connectivity index is 1.68. The summed E-state index contributed by atoms with van der Waals surface area (Å²) in [5, 5.41) is 0. The summed E-state index contributed by atoms with van der Waals surface area (Å²) in [5.41, 5.74) is 4.25. The second-order valence-corrected chi connectivity index (χ2v) is 5.37. The van der Waals surface area contributed by atoms with E-state index in [0.717, 1.165) is 25.6 Å². The Morgan fingerprint density at radius 2 is 2.35 bits per heavy atom. The Morgan fingerprint density at radius 3 is 3.18 bits per heavy atom. The number of benzene rings is 1. The van der Waals surface area contributed by atoms with Gasteiger partial charge in [0.1, 0.15) is 0 Å². The molecule has 90 valence electrons. The van der Waals surface area contributed by atoms with Crippen LogP contribution in [-0.2, 0) is 6.54 Å². The monoisotopic (exact) mass is 228 g/mol. The highest BCUT2D eigenvalue weighted by Gasteiger charge is 2.29. The summed E-state index contributed by atoms with van der Waals surface area (Å²) in [5.74, 6) is 0.758. The molecule has 1 atom stereocenters. The number of rotatable bonds is 2. The van der Waals surface area contributed by atoms with E-state index in [1.165, 1.54) is 36.2 Å². The third-order valence-electron chi connectivity index (χ3n) is 3.85. The first-order valence-electron chi connectivity index (χ1n) is 6.62. The van der Waals surface area contributed by atoms with Gasteiger partial charge in [-0.3, -0.25) is 9.89 Å². The van der Waals surface area contributed by atoms with Gasteiger partial charge in [-0.2, -0.15) is 0 Å². The van der Waals surface area contributed by atoms with Crippen molar-refractivity contribution in [2.45, 2.75) is 26.3 Å². The van der Waals surface area contributed by atoms with E-state index in [-0.39, 0.29) is 0 Å². The topological polar surface area (TPSA) is 15.6 Å². The molecule has 2 heterocycles. The highest BCUT2D eigenvalue weighted by molar-refractivity contribution is 5.91. The molecular weight excluding hydrogens is 208 g/mol. The van der Waals surface area contributed by atoms with E-state index in [0.29, 0.717) is 0 Å². The molecule has 2 nitrogen and oxygen atoms in total. The van der Waals surface area contributed by atoms with E-state index in [2.05, 4.69) is 41.1 Å². The second-order valence-electron chi connectivity index (χ2n) is 5.37. The molecule has 0 spiro atoms. The average Bonchev–Trinajstić information content (AvgIpc) is 2.71. The molecule has 1 aromatic rings. The normalized spacial score (nSPS) is 24.5. The molecule has 0 bridgehead atoms. The van der Waals surface area contributed by atoms with E-state index in [4.69, 9.17) is 0 Å². The van der Waals surface area contributed by atoms with Crippen LogP contribution in [0.1, 0.15) is 24.0 Å². The summed E-state index contributed by atoms with van der Waals surface area (Å²) in [7, 11) is 0. The van der Waals surface area contributed by atoms with Gasteiger partial charge in [-0.25, -0.2) is 0 Å². The van der Waals surface area contributed by atoms with Gasteiger partial charge in [0.05, 0.1) is 0 Å². The molecule has 2 heteroatoms. The lowest BCUT2D eigenvalue weighted by atomic mass is 9.98. The zero-order valence-electron chi connectivity index (χ0n) is 10.5. The summed E-state index contributed by atoms with van der Waals surface area (Å²) < 4.78 is 0. The van der Waals surface area contributed by atoms with Crippen molar-refractivity contribution in [1.29, 1.82) is 0 Å². The van der Waals surface area contributed by atoms with Crippen LogP contribution in [0.25, 0.3) is 0 Å². The first-order chi connectivity index (χ1) is 8.31. The fourth-order valence-electron chi connectivity index (χ4n) is 3.03. The van der Waals surface area contributed by atoms with Gasteiger partial charge in [0.2, 0.25) is 0 Å². The fourth-order valence-corrected chi connectivity index (χ4v) is 3.03. The quantitative estimate of drug-likeness (QED) is 0.760. The van der Waals surface area contributed by atoms with Gasteiger partial charge < -0.3 is 0 Å². The van der Waals surface area contributed by atoms with Gasteiger partial charge >= 0.3 is 0 Å². The minimum Gasteiger partial charge on any atom is -0.293 e. The Morgan fingerprint density at radius 1 is 1.41 bits per heavy atom. The number of hydrogen-bond acceptors (Lipinski definition) is 2. The van der Waals surface area contributed by atoms with Gasteiger partial charge in [-0.15, -0.1) is 0 Å². The largest absolute Gasteiger partial charge is 0.293 e. The first-order valence-corrected chi connectivity index (χ1v) is 6.62. The van der Waals surface area contributed by atoms with Gasteiger partial charge in [0.25, 0.3) is 0 Å². The van der Waals surface area contributed by atoms with Crippen molar-refractivity contribution in [1.82, 2.24) is 4.90 Å². The van der Waals surface area contributed by atoms with E-state index in [1.54, 1.807) is 0 Å². The van der Waals surface area contributed by atoms with Crippen LogP contribution in [0.15, 0.2) is 29.3 Å². The zero-order valence-corrected chi connectivity index (χ0v) is 10.5. The first kappa shape index (κ1) is 11.0. The predicted molar refractivity (Wildman–Crippen MR) is 71.5 cm³/mol. The van der Waals surface area contributed by atoms with Crippen LogP contribution in [0.3, 0.4) is 0 Å². The molecule has 0 amide bonds. The molecule has 0 radical (unpaired) electrons. The van der Waals surface area contributed by atoms with E-state index in [9.17, 15) is 0 Å². The summed E-state index contributed by atoms with van der Waals surface area (Å²) in [6.45, 7) is 6.62. The minimum atomic E-state index is 0.758. The highest BCUT2D eigenvalue weighted by Crippen LogP contribution is 2.24. The van der Waals surface area contributed by atoms with Crippen molar-refractivity contribution in [2.24, 2.45) is 10.9 Å². The molecule has 1 fully saturated rings. The average molecular weight is 228 g/mol. The Kier molecular flexibility index (Phi) is 2.98.